The van der Waals surface area contributed by atoms with E-state index in [4.69, 9.17) is 17.3 Å². The van der Waals surface area contributed by atoms with Crippen LogP contribution < -0.4 is 5.73 Å². The van der Waals surface area contributed by atoms with E-state index in [2.05, 4.69) is 10.1 Å². The molecule has 0 fully saturated rings. The molecular weight excluding hydrogens is 276 g/mol. The molecule has 4 nitrogen and oxygen atoms in total. The lowest BCUT2D eigenvalue weighted by molar-refractivity contribution is -0.140. The quantitative estimate of drug-likeness (QED) is 0.645. The molecule has 0 spiro atoms. The van der Waals surface area contributed by atoms with Crippen molar-refractivity contribution in [3.63, 3.8) is 0 Å². The van der Waals surface area contributed by atoms with Crippen LogP contribution in [0.5, 0.6) is 0 Å². The van der Waals surface area contributed by atoms with E-state index in [1.54, 1.807) is 0 Å². The fourth-order valence-corrected chi connectivity index (χ4v) is 1.53. The minimum absolute atomic E-state index is 0.0727. The summed E-state index contributed by atoms with van der Waals surface area (Å²) in [6.45, 7) is 0. The fraction of sp³-hybridized carbons (Fsp3) is 0.111. The third-order valence-electron chi connectivity index (χ3n) is 2.09. The van der Waals surface area contributed by atoms with Crippen LogP contribution in [0.1, 0.15) is 5.56 Å². The van der Waals surface area contributed by atoms with Crippen LogP contribution in [-0.4, -0.2) is 14.8 Å². The molecule has 0 aromatic carbocycles. The number of rotatable bonds is 1. The van der Waals surface area contributed by atoms with Crippen LogP contribution in [-0.2, 0) is 6.18 Å². The third-order valence-corrected chi connectivity index (χ3v) is 2.37. The highest BCUT2D eigenvalue weighted by molar-refractivity contribution is 6.32. The molecular formula is C9H5ClF4N4. The number of halogens is 5. The predicted molar refractivity (Wildman–Crippen MR) is 55.7 cm³/mol. The summed E-state index contributed by atoms with van der Waals surface area (Å²) in [7, 11) is 0. The number of nitrogens with zero attached hydrogens (tertiary/aromatic N) is 3. The Hall–Kier alpha value is -1.83. The van der Waals surface area contributed by atoms with Crippen LogP contribution in [0.3, 0.4) is 0 Å². The van der Waals surface area contributed by atoms with Crippen LogP contribution in [0.2, 0.25) is 5.02 Å². The minimum atomic E-state index is -4.87. The molecule has 2 aromatic rings. The first kappa shape index (κ1) is 12.6. The number of nitrogen functional groups attached to an aromatic ring is 1. The van der Waals surface area contributed by atoms with Crippen LogP contribution in [0.15, 0.2) is 18.3 Å². The van der Waals surface area contributed by atoms with Gasteiger partial charge in [-0.25, -0.2) is 0 Å². The Kier molecular flexibility index (Phi) is 2.89. The van der Waals surface area contributed by atoms with Gasteiger partial charge in [0.2, 0.25) is 5.95 Å². The lowest BCUT2D eigenvalue weighted by atomic mass is 10.2. The summed E-state index contributed by atoms with van der Waals surface area (Å²) in [6, 6.07) is 1.81. The van der Waals surface area contributed by atoms with Gasteiger partial charge >= 0.3 is 6.18 Å². The van der Waals surface area contributed by atoms with E-state index >= 15 is 0 Å². The molecule has 0 saturated carbocycles. The summed E-state index contributed by atoms with van der Waals surface area (Å²) in [4.78, 5) is 3.14. The van der Waals surface area contributed by atoms with Crippen LogP contribution in [0, 0.1) is 5.95 Å². The maximum Gasteiger partial charge on any atom is 0.420 e. The van der Waals surface area contributed by atoms with Gasteiger partial charge in [-0.05, 0) is 6.07 Å². The molecule has 0 bridgehead atoms. The van der Waals surface area contributed by atoms with E-state index in [0.717, 1.165) is 4.68 Å². The number of nitrogens with two attached hydrogens (primary N) is 1. The number of pyridine rings is 1. The number of aromatic nitrogens is 3. The monoisotopic (exact) mass is 280 g/mol. The third kappa shape index (κ3) is 2.10. The summed E-state index contributed by atoms with van der Waals surface area (Å²) in [5.74, 6) is -1.91. The molecule has 18 heavy (non-hydrogen) atoms. The van der Waals surface area contributed by atoms with E-state index in [0.29, 0.717) is 6.07 Å². The maximum atomic E-state index is 13.3. The molecule has 2 aromatic heterocycles. The van der Waals surface area contributed by atoms with Crippen molar-refractivity contribution in [2.75, 3.05) is 5.73 Å². The minimum Gasteiger partial charge on any atom is -0.384 e. The first-order valence-corrected chi connectivity index (χ1v) is 4.91. The van der Waals surface area contributed by atoms with Crippen LogP contribution in [0.4, 0.5) is 23.4 Å². The number of alkyl halides is 3. The maximum absolute atomic E-state index is 13.3. The van der Waals surface area contributed by atoms with Gasteiger partial charge in [-0.3, -0.25) is 0 Å². The topological polar surface area (TPSA) is 56.7 Å². The summed E-state index contributed by atoms with van der Waals surface area (Å²) in [5, 5.41) is 3.27. The smallest absolute Gasteiger partial charge is 0.384 e. The van der Waals surface area contributed by atoms with Crippen LogP contribution in [0.25, 0.3) is 5.82 Å². The molecule has 0 radical (unpaired) electrons. The van der Waals surface area contributed by atoms with Gasteiger partial charge in [0, 0.05) is 6.07 Å². The number of hydrogen-bond acceptors (Lipinski definition) is 3. The second kappa shape index (κ2) is 4.13. The van der Waals surface area contributed by atoms with Crippen molar-refractivity contribution in [3.05, 3.63) is 34.9 Å². The molecule has 0 aliphatic carbocycles. The van der Waals surface area contributed by atoms with Gasteiger partial charge in [0.1, 0.15) is 11.4 Å². The van der Waals surface area contributed by atoms with Crippen LogP contribution >= 0.6 is 11.6 Å². The molecule has 0 atom stereocenters. The zero-order valence-electron chi connectivity index (χ0n) is 8.54. The molecule has 2 heterocycles. The highest BCUT2D eigenvalue weighted by Gasteiger charge is 2.36. The zero-order valence-corrected chi connectivity index (χ0v) is 9.30. The Morgan fingerprint density at radius 2 is 2.00 bits per heavy atom. The average molecular weight is 281 g/mol. The van der Waals surface area contributed by atoms with Gasteiger partial charge in [0.05, 0.1) is 11.2 Å². The van der Waals surface area contributed by atoms with E-state index < -0.39 is 22.7 Å². The largest absolute Gasteiger partial charge is 0.420 e. The molecule has 2 rings (SSSR count). The molecule has 96 valence electrons. The second-order valence-electron chi connectivity index (χ2n) is 3.30. The summed E-state index contributed by atoms with van der Waals surface area (Å²) in [5.41, 5.74) is 3.93. The Morgan fingerprint density at radius 3 is 2.50 bits per heavy atom. The summed E-state index contributed by atoms with van der Waals surface area (Å²) >= 11 is 5.63. The normalized spacial score (nSPS) is 11.8. The van der Waals surface area contributed by atoms with Crippen molar-refractivity contribution >= 4 is 17.4 Å². The Labute approximate surface area is 103 Å². The van der Waals surface area contributed by atoms with E-state index in [1.807, 2.05) is 0 Å². The summed E-state index contributed by atoms with van der Waals surface area (Å²) < 4.78 is 51.4. The molecule has 0 aliphatic heterocycles. The van der Waals surface area contributed by atoms with Gasteiger partial charge in [0.15, 0.2) is 5.82 Å². The first-order chi connectivity index (χ1) is 8.30. The average Bonchev–Trinajstić information content (AvgIpc) is 2.66. The van der Waals surface area contributed by atoms with Gasteiger partial charge in [-0.2, -0.15) is 32.3 Å². The number of hydrogen-bond donors (Lipinski definition) is 1. The summed E-state index contributed by atoms with van der Waals surface area (Å²) in [6.07, 6.45) is -3.59. The van der Waals surface area contributed by atoms with E-state index in [-0.39, 0.29) is 11.6 Å². The van der Waals surface area contributed by atoms with Gasteiger partial charge < -0.3 is 5.73 Å². The van der Waals surface area contributed by atoms with Crippen molar-refractivity contribution in [2.45, 2.75) is 6.18 Å². The molecule has 9 heteroatoms. The molecule has 0 amide bonds. The second-order valence-corrected chi connectivity index (χ2v) is 3.71. The highest BCUT2D eigenvalue weighted by Crippen LogP contribution is 2.34. The lowest BCUT2D eigenvalue weighted by Gasteiger charge is -2.11. The fourth-order valence-electron chi connectivity index (χ4n) is 1.30. The van der Waals surface area contributed by atoms with Gasteiger partial charge in [0.25, 0.3) is 0 Å². The van der Waals surface area contributed by atoms with E-state index in [9.17, 15) is 17.6 Å². The molecule has 0 saturated heterocycles. The standard InChI is InChI=1S/C9H5ClF4N4/c10-5-3-4(9(12,13)14)7(11)17-8(5)18-6(15)1-2-16-18/h1-3H,15H2. The van der Waals surface area contributed by atoms with Crippen molar-refractivity contribution in [2.24, 2.45) is 0 Å². The molecule has 0 unspecified atom stereocenters. The lowest BCUT2D eigenvalue weighted by Crippen LogP contribution is -2.13. The van der Waals surface area contributed by atoms with Crippen molar-refractivity contribution in [1.82, 2.24) is 14.8 Å². The van der Waals surface area contributed by atoms with Crippen molar-refractivity contribution in [3.8, 4) is 5.82 Å². The Morgan fingerprint density at radius 1 is 1.33 bits per heavy atom. The highest BCUT2D eigenvalue weighted by atomic mass is 35.5. The van der Waals surface area contributed by atoms with Gasteiger partial charge in [-0.1, -0.05) is 11.6 Å². The Bertz CT molecular complexity index is 593. The first-order valence-electron chi connectivity index (χ1n) is 4.54. The molecule has 0 aliphatic rings. The zero-order chi connectivity index (χ0) is 13.5. The Balaban J connectivity index is 2.61. The SMILES string of the molecule is Nc1ccnn1-c1nc(F)c(C(F)(F)F)cc1Cl. The van der Waals surface area contributed by atoms with Crippen molar-refractivity contribution < 1.29 is 17.6 Å². The predicted octanol–water partition coefficient (Wildman–Crippen LogP) is 2.66. The number of anilines is 1. The molecule has 2 N–H and O–H groups in total. The van der Waals surface area contributed by atoms with E-state index in [1.165, 1.54) is 12.3 Å². The van der Waals surface area contributed by atoms with Crippen molar-refractivity contribution in [1.29, 1.82) is 0 Å². The van der Waals surface area contributed by atoms with Gasteiger partial charge in [-0.15, -0.1) is 0 Å².